The lowest BCUT2D eigenvalue weighted by Gasteiger charge is -1.81. The highest BCUT2D eigenvalue weighted by Gasteiger charge is 1.90. The van der Waals surface area contributed by atoms with Gasteiger partial charge in [0.1, 0.15) is 0 Å². The summed E-state index contributed by atoms with van der Waals surface area (Å²) in [7, 11) is 0. The Kier molecular flexibility index (Phi) is 13.8. The molecule has 0 aromatic heterocycles. The number of amides is 1. The van der Waals surface area contributed by atoms with Crippen LogP contribution in [-0.2, 0) is 14.4 Å². The van der Waals surface area contributed by atoms with Gasteiger partial charge in [0.15, 0.2) is 0 Å². The number of carboxylic acids is 2. The van der Waals surface area contributed by atoms with E-state index in [1.165, 1.54) is 6.92 Å². The van der Waals surface area contributed by atoms with Gasteiger partial charge in [0.05, 0.1) is 0 Å². The fourth-order valence-corrected chi connectivity index (χ4v) is 0. The lowest BCUT2D eigenvalue weighted by atomic mass is 10.3. The van der Waals surface area contributed by atoms with Gasteiger partial charge in [-0.2, -0.15) is 0 Å². The van der Waals surface area contributed by atoms with E-state index >= 15 is 0 Å². The summed E-state index contributed by atoms with van der Waals surface area (Å²) in [5.41, 5.74) is 5.27. The molecule has 4 N–H and O–H groups in total. The molecule has 96 valence electrons. The third-order valence-corrected chi connectivity index (χ3v) is 0.960. The van der Waals surface area contributed by atoms with Crippen molar-refractivity contribution in [2.24, 2.45) is 5.73 Å². The van der Waals surface area contributed by atoms with Gasteiger partial charge in [0.25, 0.3) is 0 Å². The monoisotopic (exact) mass is 243 g/mol. The Morgan fingerprint density at radius 1 is 1.06 bits per heavy atom. The van der Waals surface area contributed by atoms with Crippen molar-refractivity contribution < 1.29 is 24.6 Å². The summed E-state index contributed by atoms with van der Waals surface area (Å²) < 4.78 is 0. The zero-order valence-corrected chi connectivity index (χ0v) is 9.90. The van der Waals surface area contributed by atoms with Gasteiger partial charge in [-0.1, -0.05) is 19.7 Å². The van der Waals surface area contributed by atoms with Gasteiger partial charge in [0.2, 0.25) is 5.91 Å². The Balaban J connectivity index is -0.000000174. The summed E-state index contributed by atoms with van der Waals surface area (Å²) in [6.07, 6.45) is 0.833. The smallest absolute Gasteiger partial charge is 0.330 e. The molecule has 1 amide bonds. The first-order chi connectivity index (χ1) is 7.56. The van der Waals surface area contributed by atoms with Gasteiger partial charge in [0, 0.05) is 17.2 Å². The molecule has 0 aromatic rings. The molecule has 0 fully saturated rings. The highest BCUT2D eigenvalue weighted by molar-refractivity contribution is 5.90. The Morgan fingerprint density at radius 3 is 1.24 bits per heavy atom. The average molecular weight is 243 g/mol. The highest BCUT2D eigenvalue weighted by atomic mass is 16.4. The van der Waals surface area contributed by atoms with E-state index in [-0.39, 0.29) is 5.57 Å². The minimum absolute atomic E-state index is 0.176. The van der Waals surface area contributed by atoms with Crippen molar-refractivity contribution in [1.29, 1.82) is 0 Å². The Bertz CT molecular complexity index is 283. The number of rotatable bonds is 3. The lowest BCUT2D eigenvalue weighted by molar-refractivity contribution is -0.133. The number of aliphatic carboxylic acids is 2. The van der Waals surface area contributed by atoms with Crippen LogP contribution in [0.3, 0.4) is 0 Å². The molecule has 17 heavy (non-hydrogen) atoms. The van der Waals surface area contributed by atoms with Crippen molar-refractivity contribution in [2.45, 2.75) is 13.8 Å². The normalized spacial score (nSPS) is 7.18. The zero-order valence-electron chi connectivity index (χ0n) is 9.90. The lowest BCUT2D eigenvalue weighted by Crippen LogP contribution is -2.10. The first-order valence-electron chi connectivity index (χ1n) is 4.25. The van der Waals surface area contributed by atoms with Crippen molar-refractivity contribution in [2.75, 3.05) is 0 Å². The molecule has 0 saturated carbocycles. The van der Waals surface area contributed by atoms with Crippen LogP contribution in [0, 0.1) is 0 Å². The maximum Gasteiger partial charge on any atom is 0.330 e. The molecule has 0 unspecified atom stereocenters. The number of nitrogens with two attached hydrogens (primary N) is 1. The number of carbonyl (C=O) groups is 3. The molecule has 0 aliphatic heterocycles. The van der Waals surface area contributed by atoms with Crippen LogP contribution in [0.5, 0.6) is 0 Å². The van der Waals surface area contributed by atoms with Crippen LogP contribution in [0.2, 0.25) is 0 Å². The van der Waals surface area contributed by atoms with Crippen molar-refractivity contribution in [3.05, 3.63) is 37.0 Å². The molecule has 0 aliphatic carbocycles. The third kappa shape index (κ3) is 31.7. The van der Waals surface area contributed by atoms with Gasteiger partial charge in [-0.25, -0.2) is 9.59 Å². The van der Waals surface area contributed by atoms with Crippen molar-refractivity contribution in [3.63, 3.8) is 0 Å². The maximum atomic E-state index is 9.82. The molecule has 6 heteroatoms. The van der Waals surface area contributed by atoms with Crippen LogP contribution in [0.25, 0.3) is 0 Å². The topological polar surface area (TPSA) is 118 Å². The maximum absolute atomic E-state index is 9.82. The second kappa shape index (κ2) is 11.7. The third-order valence-electron chi connectivity index (χ3n) is 0.960. The molecule has 0 heterocycles. The quantitative estimate of drug-likeness (QED) is 0.638. The summed E-state index contributed by atoms with van der Waals surface area (Å²) in [5.74, 6) is -2.35. The SMILES string of the molecule is C=C(C)C(=O)O.C=C(C)C(N)=O.C=CC(=O)O. The predicted octanol–water partition coefficient (Wildman–Crippen LogP) is 0.952. The van der Waals surface area contributed by atoms with Crippen molar-refractivity contribution >= 4 is 17.8 Å². The first-order valence-corrected chi connectivity index (χ1v) is 4.25. The number of carbonyl (C=O) groups excluding carboxylic acids is 1. The van der Waals surface area contributed by atoms with Crippen molar-refractivity contribution in [3.8, 4) is 0 Å². The number of primary amides is 1. The predicted molar refractivity (Wildman–Crippen MR) is 64.3 cm³/mol. The molecule has 0 aliphatic rings. The Labute approximate surface area is 99.7 Å². The van der Waals surface area contributed by atoms with Crippen LogP contribution in [0.1, 0.15) is 13.8 Å². The minimum Gasteiger partial charge on any atom is -0.478 e. The molecule has 0 rings (SSSR count). The molecular weight excluding hydrogens is 226 g/mol. The van der Waals surface area contributed by atoms with E-state index in [4.69, 9.17) is 15.9 Å². The van der Waals surface area contributed by atoms with E-state index < -0.39 is 17.8 Å². The minimum atomic E-state index is -0.981. The van der Waals surface area contributed by atoms with Gasteiger partial charge < -0.3 is 15.9 Å². The summed E-state index contributed by atoms with van der Waals surface area (Å²) in [6, 6.07) is 0. The van der Waals surface area contributed by atoms with Gasteiger partial charge in [-0.05, 0) is 13.8 Å². The molecule has 0 spiro atoms. The van der Waals surface area contributed by atoms with Crippen LogP contribution >= 0.6 is 0 Å². The van der Waals surface area contributed by atoms with Crippen LogP contribution < -0.4 is 5.73 Å². The van der Waals surface area contributed by atoms with Crippen molar-refractivity contribution in [1.82, 2.24) is 0 Å². The molecule has 0 saturated heterocycles. The number of hydrogen-bond donors (Lipinski definition) is 3. The van der Waals surface area contributed by atoms with E-state index in [2.05, 4.69) is 19.7 Å². The standard InChI is InChI=1S/C4H7NO.C4H6O2.C3H4O2/c2*1-3(2)4(5)6;1-2-3(4)5/h1H2,2H3,(H2,5,6);1H2,2H3,(H,5,6);2H,1H2,(H,4,5). The summed E-state index contributed by atoms with van der Waals surface area (Å²) in [4.78, 5) is 28.7. The zero-order chi connectivity index (χ0) is 14.6. The highest BCUT2D eigenvalue weighted by Crippen LogP contribution is 1.81. The number of hydrogen-bond acceptors (Lipinski definition) is 3. The van der Waals surface area contributed by atoms with Gasteiger partial charge in [-0.3, -0.25) is 4.79 Å². The second-order valence-electron chi connectivity index (χ2n) is 2.77. The number of carboxylic acid groups (broad SMARTS) is 2. The van der Waals surface area contributed by atoms with Gasteiger partial charge in [-0.15, -0.1) is 0 Å². The molecule has 0 bridgehead atoms. The van der Waals surface area contributed by atoms with Crippen LogP contribution in [0.15, 0.2) is 37.0 Å². The molecule has 0 aromatic carbocycles. The fourth-order valence-electron chi connectivity index (χ4n) is 0. The Hall–Kier alpha value is -2.37. The Morgan fingerprint density at radius 2 is 1.24 bits per heavy atom. The van der Waals surface area contributed by atoms with Crippen LogP contribution in [-0.4, -0.2) is 28.1 Å². The summed E-state index contributed by atoms with van der Waals surface area (Å²) in [5, 5.41) is 15.5. The molecule has 0 atom stereocenters. The molecule has 0 radical (unpaired) electrons. The molecule has 6 nitrogen and oxygen atoms in total. The van der Waals surface area contributed by atoms with Crippen LogP contribution in [0.4, 0.5) is 0 Å². The first kappa shape index (κ1) is 20.1. The second-order valence-corrected chi connectivity index (χ2v) is 2.77. The van der Waals surface area contributed by atoms with E-state index in [1.807, 2.05) is 0 Å². The van der Waals surface area contributed by atoms with E-state index in [0.29, 0.717) is 5.57 Å². The van der Waals surface area contributed by atoms with E-state index in [9.17, 15) is 14.4 Å². The van der Waals surface area contributed by atoms with E-state index in [0.717, 1.165) is 6.08 Å². The molecular formula is C11H17NO5. The average Bonchev–Trinajstić information content (AvgIpc) is 2.19. The largest absolute Gasteiger partial charge is 0.478 e. The van der Waals surface area contributed by atoms with E-state index in [1.54, 1.807) is 6.92 Å². The van der Waals surface area contributed by atoms with Gasteiger partial charge >= 0.3 is 11.9 Å². The summed E-state index contributed by atoms with van der Waals surface area (Å²) >= 11 is 0. The summed E-state index contributed by atoms with van der Waals surface area (Å²) in [6.45, 7) is 12.4. The fraction of sp³-hybridized carbons (Fsp3) is 0.182.